The molecule has 0 aliphatic heterocycles. The topological polar surface area (TPSA) is 47.9 Å². The SMILES string of the molecule is O=NO[O][Ti]. The summed E-state index contributed by atoms with van der Waals surface area (Å²) in [6.45, 7) is 0. The Hall–Kier alpha value is 0.0743. The summed E-state index contributed by atoms with van der Waals surface area (Å²) in [6.07, 6.45) is 0. The van der Waals surface area contributed by atoms with Crippen LogP contribution in [0, 0.1) is 4.91 Å². The van der Waals surface area contributed by atoms with E-state index in [1.807, 2.05) is 5.34 Å². The molecule has 0 amide bonds. The summed E-state index contributed by atoms with van der Waals surface area (Å²) in [5.74, 6) is 0. The van der Waals surface area contributed by atoms with Crippen molar-refractivity contribution in [3.63, 3.8) is 0 Å². The van der Waals surface area contributed by atoms with Crippen LogP contribution in [0.2, 0.25) is 0 Å². The third kappa shape index (κ3) is 4.07. The van der Waals surface area contributed by atoms with Crippen molar-refractivity contribution in [1.82, 2.24) is 0 Å². The van der Waals surface area contributed by atoms with Gasteiger partial charge in [0.25, 0.3) is 0 Å². The molecule has 0 unspecified atom stereocenters. The van der Waals surface area contributed by atoms with Crippen molar-refractivity contribution >= 4 is 0 Å². The Morgan fingerprint density at radius 1 is 1.80 bits per heavy atom. The van der Waals surface area contributed by atoms with Gasteiger partial charge in [0.1, 0.15) is 0 Å². The molecule has 0 atom stereocenters. The molecule has 0 aromatic carbocycles. The number of hydrogen-bond donors (Lipinski definition) is 0. The summed E-state index contributed by atoms with van der Waals surface area (Å²) < 4.78 is 3.71. The summed E-state index contributed by atoms with van der Waals surface area (Å²) in [7, 11) is 0. The average Bonchev–Trinajstić information content (AvgIpc) is 1.41. The molecule has 0 radical (unpaired) electrons. The molecule has 0 fully saturated rings. The molecule has 0 aromatic heterocycles. The Balaban J connectivity index is 2.40. The second kappa shape index (κ2) is 4.07. The molecule has 4 nitrogen and oxygen atoms in total. The van der Waals surface area contributed by atoms with E-state index in [0.29, 0.717) is 0 Å². The van der Waals surface area contributed by atoms with Crippen molar-refractivity contribution < 1.29 is 29.3 Å². The molecule has 0 spiro atoms. The van der Waals surface area contributed by atoms with Gasteiger partial charge < -0.3 is 0 Å². The standard InChI is InChI=1S/HNO3.Ti/c2-1-4-3;/h3H;/q;+1/p-1. The van der Waals surface area contributed by atoms with Gasteiger partial charge in [0, 0.05) is 0 Å². The van der Waals surface area contributed by atoms with Crippen LogP contribution in [0.3, 0.4) is 0 Å². The summed E-state index contributed by atoms with van der Waals surface area (Å²) in [6, 6.07) is 0. The van der Waals surface area contributed by atoms with Gasteiger partial charge in [-0.2, -0.15) is 0 Å². The molecule has 0 aliphatic carbocycles. The van der Waals surface area contributed by atoms with Gasteiger partial charge in [-0.25, -0.2) is 0 Å². The van der Waals surface area contributed by atoms with Crippen LogP contribution in [0.5, 0.6) is 0 Å². The first kappa shape index (κ1) is 5.07. The fourth-order valence-corrected chi connectivity index (χ4v) is 0.0627. The maximum absolute atomic E-state index is 8.81. The molecule has 0 N–H and O–H groups in total. The summed E-state index contributed by atoms with van der Waals surface area (Å²) in [5.41, 5.74) is 0. The Morgan fingerprint density at radius 3 is 2.40 bits per heavy atom. The third-order valence-electron chi connectivity index (χ3n) is 0.0677. The van der Waals surface area contributed by atoms with Crippen LogP contribution in [0.15, 0.2) is 5.34 Å². The van der Waals surface area contributed by atoms with E-state index in [1.54, 1.807) is 0 Å². The quantitative estimate of drug-likeness (QED) is 0.219. The van der Waals surface area contributed by atoms with Crippen LogP contribution in [-0.2, 0) is 29.3 Å². The summed E-state index contributed by atoms with van der Waals surface area (Å²) in [5, 5.41) is 1.88. The van der Waals surface area contributed by atoms with Crippen molar-refractivity contribution in [3.8, 4) is 0 Å². The molecule has 0 heterocycles. The van der Waals surface area contributed by atoms with E-state index >= 15 is 0 Å². The van der Waals surface area contributed by atoms with Crippen molar-refractivity contribution in [2.45, 2.75) is 0 Å². The Kier molecular flexibility index (Phi) is 4.13. The van der Waals surface area contributed by atoms with Gasteiger partial charge in [0.2, 0.25) is 0 Å². The van der Waals surface area contributed by atoms with Crippen molar-refractivity contribution in [1.29, 1.82) is 0 Å². The molecule has 0 bridgehead atoms. The fourth-order valence-electron chi connectivity index (χ4n) is 0.0152. The van der Waals surface area contributed by atoms with E-state index in [2.05, 4.69) is 8.46 Å². The summed E-state index contributed by atoms with van der Waals surface area (Å²) >= 11 is 1.20. The van der Waals surface area contributed by atoms with Crippen LogP contribution in [0.25, 0.3) is 0 Å². The van der Waals surface area contributed by atoms with Crippen LogP contribution >= 0.6 is 0 Å². The summed E-state index contributed by atoms with van der Waals surface area (Å²) in [4.78, 5) is 12.2. The van der Waals surface area contributed by atoms with Crippen LogP contribution < -0.4 is 0 Å². The van der Waals surface area contributed by atoms with Gasteiger partial charge in [0.15, 0.2) is 0 Å². The maximum atomic E-state index is 8.81. The number of nitrogens with zero attached hydrogens (tertiary/aromatic N) is 1. The fraction of sp³-hybridized carbons (Fsp3) is 0. The van der Waals surface area contributed by atoms with Gasteiger partial charge in [-0.3, -0.25) is 0 Å². The van der Waals surface area contributed by atoms with Gasteiger partial charge in [0.05, 0.1) is 0 Å². The van der Waals surface area contributed by atoms with Crippen LogP contribution in [-0.4, -0.2) is 0 Å². The Labute approximate surface area is 40.2 Å². The van der Waals surface area contributed by atoms with E-state index < -0.39 is 0 Å². The van der Waals surface area contributed by atoms with Crippen LogP contribution in [0.1, 0.15) is 0 Å². The Morgan fingerprint density at radius 2 is 2.40 bits per heavy atom. The van der Waals surface area contributed by atoms with Gasteiger partial charge in [-0.05, 0) is 0 Å². The monoisotopic (exact) mass is 110 g/mol. The predicted molar refractivity (Wildman–Crippen MR) is 7.96 cm³/mol. The molecule has 27 valence electrons. The van der Waals surface area contributed by atoms with Gasteiger partial charge in [-0.1, -0.05) is 0 Å². The molecule has 0 saturated heterocycles. The number of hydrogen-bond acceptors (Lipinski definition) is 4. The van der Waals surface area contributed by atoms with E-state index in [4.69, 9.17) is 4.91 Å². The number of rotatable bonds is 2. The minimum absolute atomic E-state index is 1.20. The predicted octanol–water partition coefficient (Wildman–Crippen LogP) is 0.0778. The average molecular weight is 110 g/mol. The first-order chi connectivity index (χ1) is 2.41. The van der Waals surface area contributed by atoms with Crippen molar-refractivity contribution in [3.05, 3.63) is 4.91 Å². The molecule has 0 saturated carbocycles. The Bertz CT molecular complexity index is 28.1. The van der Waals surface area contributed by atoms with E-state index in [-0.39, 0.29) is 0 Å². The molecular weight excluding hydrogens is 110 g/mol. The molecule has 5 heteroatoms. The third-order valence-corrected chi connectivity index (χ3v) is 0.184. The molecule has 0 rings (SSSR count). The zero-order valence-electron chi connectivity index (χ0n) is 2.17. The van der Waals surface area contributed by atoms with Crippen molar-refractivity contribution in [2.75, 3.05) is 0 Å². The minimum atomic E-state index is 1.20. The first-order valence-corrected chi connectivity index (χ1v) is 1.37. The van der Waals surface area contributed by atoms with Gasteiger partial charge >= 0.3 is 39.5 Å². The second-order valence-corrected chi connectivity index (χ2v) is 0.493. The normalized spacial score (nSPS) is 6.20. The van der Waals surface area contributed by atoms with Gasteiger partial charge in [-0.15, -0.1) is 0 Å². The van der Waals surface area contributed by atoms with E-state index in [9.17, 15) is 0 Å². The second-order valence-electron chi connectivity index (χ2n) is 0.232. The van der Waals surface area contributed by atoms with Crippen molar-refractivity contribution in [2.24, 2.45) is 5.34 Å². The molecule has 0 aromatic rings. The zero-order valence-corrected chi connectivity index (χ0v) is 3.73. The van der Waals surface area contributed by atoms with Crippen LogP contribution in [0.4, 0.5) is 0 Å². The molecular formula is NO3Ti. The van der Waals surface area contributed by atoms with E-state index in [1.165, 1.54) is 20.8 Å². The first-order valence-electron chi connectivity index (χ1n) is 0.736. The molecule has 5 heavy (non-hydrogen) atoms. The molecule has 0 aliphatic rings. The van der Waals surface area contributed by atoms with E-state index in [0.717, 1.165) is 0 Å². The zero-order chi connectivity index (χ0) is 4.12.